The monoisotopic (exact) mass is 387 g/mol. The number of carbonyl (C=O) groups is 2. The summed E-state index contributed by atoms with van der Waals surface area (Å²) >= 11 is 0. The molecule has 0 spiro atoms. The van der Waals surface area contributed by atoms with E-state index in [4.69, 9.17) is 0 Å². The number of amides is 2. The van der Waals surface area contributed by atoms with Gasteiger partial charge in [0.05, 0.1) is 11.4 Å². The van der Waals surface area contributed by atoms with Gasteiger partial charge in [0.1, 0.15) is 6.04 Å². The molecule has 3 rings (SSSR count). The number of carbonyl (C=O) groups excluding carboxylic acids is 2. The lowest BCUT2D eigenvalue weighted by Gasteiger charge is -2.23. The van der Waals surface area contributed by atoms with Crippen molar-refractivity contribution in [2.24, 2.45) is 0 Å². The molecule has 1 aliphatic rings. The number of nitrogens with zero attached hydrogens (tertiary/aromatic N) is 1. The summed E-state index contributed by atoms with van der Waals surface area (Å²) in [4.78, 5) is 24.6. The van der Waals surface area contributed by atoms with Gasteiger partial charge >= 0.3 is 0 Å². The summed E-state index contributed by atoms with van der Waals surface area (Å²) in [7, 11) is -3.75. The van der Waals surface area contributed by atoms with Crippen molar-refractivity contribution in [3.05, 3.63) is 60.7 Å². The van der Waals surface area contributed by atoms with Crippen molar-refractivity contribution in [1.29, 1.82) is 0 Å². The quantitative estimate of drug-likeness (QED) is 0.787. The number of hydrogen-bond acceptors (Lipinski definition) is 4. The summed E-state index contributed by atoms with van der Waals surface area (Å²) in [5, 5.41) is 5.21. The first-order valence-electron chi connectivity index (χ1n) is 8.68. The van der Waals surface area contributed by atoms with Crippen molar-refractivity contribution < 1.29 is 18.0 Å². The highest BCUT2D eigenvalue weighted by Gasteiger charge is 2.39. The maximum absolute atomic E-state index is 12.8. The Morgan fingerprint density at radius 2 is 1.63 bits per heavy atom. The van der Waals surface area contributed by atoms with Crippen LogP contribution in [0.3, 0.4) is 0 Å². The maximum Gasteiger partial charge on any atom is 0.243 e. The highest BCUT2D eigenvalue weighted by molar-refractivity contribution is 7.89. The second kappa shape index (κ2) is 8.32. The van der Waals surface area contributed by atoms with Gasteiger partial charge in [0.25, 0.3) is 0 Å². The highest BCUT2D eigenvalue weighted by atomic mass is 32.2. The number of nitrogens with one attached hydrogen (secondary N) is 2. The van der Waals surface area contributed by atoms with Gasteiger partial charge in [-0.25, -0.2) is 8.42 Å². The summed E-state index contributed by atoms with van der Waals surface area (Å²) in [6.45, 7) is 0.0645. The molecule has 2 aromatic carbocycles. The second-order valence-corrected chi connectivity index (χ2v) is 8.11. The molecule has 7 nitrogen and oxygen atoms in total. The highest BCUT2D eigenvalue weighted by Crippen LogP contribution is 2.26. The Kier molecular flexibility index (Phi) is 5.88. The molecular formula is C19H21N3O4S. The molecule has 2 N–H and O–H groups in total. The molecule has 1 aliphatic heterocycles. The van der Waals surface area contributed by atoms with Crippen molar-refractivity contribution in [1.82, 2.24) is 9.62 Å². The summed E-state index contributed by atoms with van der Waals surface area (Å²) in [5.41, 5.74) is 0.630. The predicted molar refractivity (Wildman–Crippen MR) is 101 cm³/mol. The number of benzene rings is 2. The smallest absolute Gasteiger partial charge is 0.243 e. The van der Waals surface area contributed by atoms with E-state index in [0.29, 0.717) is 18.5 Å². The third-order valence-corrected chi connectivity index (χ3v) is 6.26. The largest absolute Gasteiger partial charge is 0.346 e. The van der Waals surface area contributed by atoms with Gasteiger partial charge in [-0.1, -0.05) is 36.4 Å². The van der Waals surface area contributed by atoms with Gasteiger partial charge in [-0.3, -0.25) is 9.59 Å². The van der Waals surface area contributed by atoms with E-state index in [1.165, 1.54) is 16.4 Å². The summed E-state index contributed by atoms with van der Waals surface area (Å²) in [6, 6.07) is 16.1. The van der Waals surface area contributed by atoms with Gasteiger partial charge in [0.15, 0.2) is 0 Å². The van der Waals surface area contributed by atoms with Crippen LogP contribution < -0.4 is 10.6 Å². The van der Waals surface area contributed by atoms with Crippen molar-refractivity contribution >= 4 is 27.5 Å². The van der Waals surface area contributed by atoms with E-state index >= 15 is 0 Å². The van der Waals surface area contributed by atoms with E-state index in [1.807, 2.05) is 6.07 Å². The second-order valence-electron chi connectivity index (χ2n) is 6.22. The first kappa shape index (κ1) is 19.1. The molecule has 1 saturated heterocycles. The Labute approximate surface area is 158 Å². The Morgan fingerprint density at radius 1 is 1.00 bits per heavy atom. The number of para-hydroxylation sites is 1. The van der Waals surface area contributed by atoms with Crippen molar-refractivity contribution in [2.75, 3.05) is 18.4 Å². The van der Waals surface area contributed by atoms with Gasteiger partial charge in [0, 0.05) is 12.2 Å². The first-order chi connectivity index (χ1) is 13.0. The van der Waals surface area contributed by atoms with Gasteiger partial charge < -0.3 is 10.6 Å². The van der Waals surface area contributed by atoms with Crippen LogP contribution in [0.1, 0.15) is 12.8 Å². The number of rotatable bonds is 6. The Balaban J connectivity index is 1.61. The molecule has 142 valence electrons. The molecule has 0 radical (unpaired) electrons. The van der Waals surface area contributed by atoms with E-state index in [-0.39, 0.29) is 23.9 Å². The molecule has 2 amide bonds. The van der Waals surface area contributed by atoms with Crippen LogP contribution in [0.4, 0.5) is 5.69 Å². The fourth-order valence-electron chi connectivity index (χ4n) is 3.03. The number of sulfonamides is 1. The number of anilines is 1. The minimum absolute atomic E-state index is 0.159. The summed E-state index contributed by atoms with van der Waals surface area (Å²) < 4.78 is 26.8. The standard InChI is InChI=1S/C19H21N3O4S/c23-18(21-15-8-3-1-4-9-15)14-20-19(24)17-12-7-13-22(17)27(25,26)16-10-5-2-6-11-16/h1-6,8-11,17H,7,12-14H2,(H,20,24)(H,21,23). The topological polar surface area (TPSA) is 95.6 Å². The van der Waals surface area contributed by atoms with Crippen molar-refractivity contribution in [2.45, 2.75) is 23.8 Å². The maximum atomic E-state index is 12.8. The zero-order chi connectivity index (χ0) is 19.3. The molecule has 1 fully saturated rings. The lowest BCUT2D eigenvalue weighted by molar-refractivity contribution is -0.126. The third kappa shape index (κ3) is 4.53. The van der Waals surface area contributed by atoms with Crippen LogP contribution in [0.5, 0.6) is 0 Å². The van der Waals surface area contributed by atoms with E-state index < -0.39 is 22.0 Å². The molecule has 1 unspecified atom stereocenters. The van der Waals surface area contributed by atoms with Crippen LogP contribution in [0.25, 0.3) is 0 Å². The van der Waals surface area contributed by atoms with Crippen LogP contribution in [0.15, 0.2) is 65.6 Å². The minimum atomic E-state index is -3.75. The number of hydrogen-bond donors (Lipinski definition) is 2. The van der Waals surface area contributed by atoms with Crippen LogP contribution >= 0.6 is 0 Å². The van der Waals surface area contributed by atoms with Gasteiger partial charge in [-0.05, 0) is 37.1 Å². The SMILES string of the molecule is O=C(CNC(=O)C1CCCN1S(=O)(=O)c1ccccc1)Nc1ccccc1. The molecular weight excluding hydrogens is 366 g/mol. The molecule has 0 aliphatic carbocycles. The zero-order valence-electron chi connectivity index (χ0n) is 14.7. The van der Waals surface area contributed by atoms with Gasteiger partial charge in [0.2, 0.25) is 21.8 Å². The van der Waals surface area contributed by atoms with E-state index in [1.54, 1.807) is 42.5 Å². The molecule has 0 aromatic heterocycles. The Hall–Kier alpha value is -2.71. The molecule has 0 bridgehead atoms. The van der Waals surface area contributed by atoms with Crippen molar-refractivity contribution in [3.63, 3.8) is 0 Å². The molecule has 2 aromatic rings. The average Bonchev–Trinajstić information content (AvgIpc) is 3.18. The van der Waals surface area contributed by atoms with Crippen LogP contribution in [0.2, 0.25) is 0 Å². The molecule has 1 heterocycles. The van der Waals surface area contributed by atoms with Crippen LogP contribution in [-0.2, 0) is 19.6 Å². The van der Waals surface area contributed by atoms with E-state index in [0.717, 1.165) is 0 Å². The molecule has 0 saturated carbocycles. The zero-order valence-corrected chi connectivity index (χ0v) is 15.5. The summed E-state index contributed by atoms with van der Waals surface area (Å²) in [5.74, 6) is -0.833. The fourth-order valence-corrected chi connectivity index (χ4v) is 4.71. The predicted octanol–water partition coefficient (Wildman–Crippen LogP) is 1.59. The van der Waals surface area contributed by atoms with Crippen LogP contribution in [0, 0.1) is 0 Å². The molecule has 8 heteroatoms. The molecule has 1 atom stereocenters. The minimum Gasteiger partial charge on any atom is -0.346 e. The lowest BCUT2D eigenvalue weighted by Crippen LogP contribution is -2.47. The van der Waals surface area contributed by atoms with Crippen molar-refractivity contribution in [3.8, 4) is 0 Å². The van der Waals surface area contributed by atoms with Gasteiger partial charge in [-0.15, -0.1) is 0 Å². The lowest BCUT2D eigenvalue weighted by atomic mass is 10.2. The van der Waals surface area contributed by atoms with Crippen LogP contribution in [-0.4, -0.2) is 43.7 Å². The van der Waals surface area contributed by atoms with E-state index in [2.05, 4.69) is 10.6 Å². The van der Waals surface area contributed by atoms with Gasteiger partial charge in [-0.2, -0.15) is 4.31 Å². The summed E-state index contributed by atoms with van der Waals surface area (Å²) in [6.07, 6.45) is 1.03. The third-order valence-electron chi connectivity index (χ3n) is 4.34. The van der Waals surface area contributed by atoms with E-state index in [9.17, 15) is 18.0 Å². The fraction of sp³-hybridized carbons (Fsp3) is 0.263. The normalized spacial score (nSPS) is 17.4. The average molecular weight is 387 g/mol. The molecule has 27 heavy (non-hydrogen) atoms. The first-order valence-corrected chi connectivity index (χ1v) is 10.1. The Morgan fingerprint density at radius 3 is 2.30 bits per heavy atom. The Bertz CT molecular complexity index is 901.